The molecule has 0 fully saturated rings. The summed E-state index contributed by atoms with van der Waals surface area (Å²) < 4.78 is 29.7. The van der Waals surface area contributed by atoms with Gasteiger partial charge in [-0.15, -0.1) is 13.2 Å². The Hall–Kier alpha value is -2.87. The maximum absolute atomic E-state index is 13.3. The van der Waals surface area contributed by atoms with Crippen molar-refractivity contribution in [1.29, 1.82) is 0 Å². The summed E-state index contributed by atoms with van der Waals surface area (Å²) in [6, 6.07) is 6.34. The molecule has 0 aliphatic heterocycles. The van der Waals surface area contributed by atoms with Crippen LogP contribution in [-0.4, -0.2) is 24.1 Å². The number of anilines is 1. The number of rotatable bonds is 7. The molecule has 0 atom stereocenters. The fraction of sp³-hybridized carbons (Fsp3) is 0.263. The maximum atomic E-state index is 13.3. The Balaban J connectivity index is 2.86. The lowest BCUT2D eigenvalue weighted by molar-refractivity contribution is 0.590. The number of aryl methyl sites for hydroxylation is 1. The lowest BCUT2D eigenvalue weighted by Crippen LogP contribution is -2.45. The van der Waals surface area contributed by atoms with E-state index in [2.05, 4.69) is 13.2 Å². The fourth-order valence-corrected chi connectivity index (χ4v) is 4.21. The molecule has 0 radical (unpaired) electrons. The number of nitrogens with zero attached hydrogens (tertiary/aromatic N) is 3. The highest BCUT2D eigenvalue weighted by atomic mass is 32.2. The maximum Gasteiger partial charge on any atom is 0.330 e. The van der Waals surface area contributed by atoms with Crippen LogP contribution in [0.3, 0.4) is 0 Å². The van der Waals surface area contributed by atoms with Crippen LogP contribution in [0.25, 0.3) is 0 Å². The van der Waals surface area contributed by atoms with Crippen molar-refractivity contribution in [2.45, 2.75) is 18.2 Å². The number of aromatic nitrogens is 2. The Morgan fingerprint density at radius 3 is 2.15 bits per heavy atom. The van der Waals surface area contributed by atoms with E-state index in [1.807, 2.05) is 6.92 Å². The van der Waals surface area contributed by atoms with Crippen molar-refractivity contribution >= 4 is 15.7 Å². The first-order valence-corrected chi connectivity index (χ1v) is 9.70. The van der Waals surface area contributed by atoms with Crippen LogP contribution in [0, 0.1) is 6.92 Å². The minimum atomic E-state index is -4.04. The van der Waals surface area contributed by atoms with Crippen molar-refractivity contribution in [3.8, 4) is 0 Å². The molecule has 0 aliphatic rings. The number of sulfonamides is 1. The molecule has 0 saturated heterocycles. The largest absolute Gasteiger partial charge is 0.330 e. The molecule has 0 N–H and O–H groups in total. The molecule has 0 amide bonds. The van der Waals surface area contributed by atoms with Gasteiger partial charge < -0.3 is 0 Å². The van der Waals surface area contributed by atoms with Gasteiger partial charge in [-0.3, -0.25) is 18.2 Å². The number of hydrogen-bond donors (Lipinski definition) is 0. The Morgan fingerprint density at radius 1 is 1.04 bits per heavy atom. The zero-order valence-corrected chi connectivity index (χ0v) is 16.5. The molecule has 0 spiro atoms. The standard InChI is InChI=1S/C19H23N3O4S/c1-6-8-16-17(18(23)21(5)19(24)20(16)4)22(13-7-2)27(25,26)15-11-9-14(3)10-12-15/h6-7,9-12H,1-2,8,13H2,3-5H3. The van der Waals surface area contributed by atoms with Gasteiger partial charge >= 0.3 is 5.69 Å². The van der Waals surface area contributed by atoms with E-state index in [0.717, 1.165) is 14.4 Å². The molecule has 0 unspecified atom stereocenters. The van der Waals surface area contributed by atoms with Gasteiger partial charge in [-0.2, -0.15) is 0 Å². The second-order valence-corrected chi connectivity index (χ2v) is 7.99. The molecule has 1 aromatic heterocycles. The molecule has 1 aromatic carbocycles. The number of allylic oxidation sites excluding steroid dienone is 1. The average molecular weight is 389 g/mol. The third kappa shape index (κ3) is 3.66. The summed E-state index contributed by atoms with van der Waals surface area (Å²) in [4.78, 5) is 25.2. The third-order valence-corrected chi connectivity index (χ3v) is 6.03. The van der Waals surface area contributed by atoms with Crippen LogP contribution >= 0.6 is 0 Å². The summed E-state index contributed by atoms with van der Waals surface area (Å²) in [6.45, 7) is 8.99. The highest BCUT2D eigenvalue weighted by Gasteiger charge is 2.30. The number of benzene rings is 1. The summed E-state index contributed by atoms with van der Waals surface area (Å²) in [5, 5.41) is 0. The molecular weight excluding hydrogens is 366 g/mol. The van der Waals surface area contributed by atoms with E-state index in [1.54, 1.807) is 12.1 Å². The van der Waals surface area contributed by atoms with Gasteiger partial charge in [-0.1, -0.05) is 29.8 Å². The van der Waals surface area contributed by atoms with Crippen molar-refractivity contribution < 1.29 is 8.42 Å². The predicted octanol–water partition coefficient (Wildman–Crippen LogP) is 1.50. The zero-order chi connectivity index (χ0) is 20.4. The van der Waals surface area contributed by atoms with Crippen LogP contribution in [0.15, 0.2) is 64.1 Å². The molecule has 0 bridgehead atoms. The smallest absolute Gasteiger partial charge is 0.298 e. The Labute approximate surface area is 158 Å². The van der Waals surface area contributed by atoms with Crippen LogP contribution in [0.1, 0.15) is 11.3 Å². The second-order valence-electron chi connectivity index (χ2n) is 6.13. The topological polar surface area (TPSA) is 81.4 Å². The SMILES string of the molecule is C=CCc1c(N(CC=C)S(=O)(=O)c2ccc(C)cc2)c(=O)n(C)c(=O)n1C. The molecule has 1 heterocycles. The van der Waals surface area contributed by atoms with Crippen molar-refractivity contribution in [2.75, 3.05) is 10.8 Å². The molecule has 144 valence electrons. The average Bonchev–Trinajstić information content (AvgIpc) is 2.64. The van der Waals surface area contributed by atoms with Gasteiger partial charge in [0.15, 0.2) is 0 Å². The van der Waals surface area contributed by atoms with Gasteiger partial charge in [0.2, 0.25) is 0 Å². The van der Waals surface area contributed by atoms with Crippen molar-refractivity contribution in [3.05, 3.63) is 81.7 Å². The van der Waals surface area contributed by atoms with Crippen LogP contribution in [-0.2, 0) is 30.5 Å². The van der Waals surface area contributed by atoms with E-state index in [-0.39, 0.29) is 29.2 Å². The fourth-order valence-electron chi connectivity index (χ4n) is 2.75. The van der Waals surface area contributed by atoms with E-state index in [9.17, 15) is 18.0 Å². The van der Waals surface area contributed by atoms with Crippen LogP contribution in [0.4, 0.5) is 5.69 Å². The first-order valence-electron chi connectivity index (χ1n) is 8.26. The molecule has 2 rings (SSSR count). The molecule has 2 aromatic rings. The van der Waals surface area contributed by atoms with E-state index < -0.39 is 21.3 Å². The van der Waals surface area contributed by atoms with Gasteiger partial charge in [-0.05, 0) is 19.1 Å². The summed E-state index contributed by atoms with van der Waals surface area (Å²) in [7, 11) is -1.23. The predicted molar refractivity (Wildman–Crippen MR) is 107 cm³/mol. The lowest BCUT2D eigenvalue weighted by Gasteiger charge is -2.26. The minimum Gasteiger partial charge on any atom is -0.298 e. The monoisotopic (exact) mass is 389 g/mol. The Morgan fingerprint density at radius 2 is 1.63 bits per heavy atom. The van der Waals surface area contributed by atoms with Gasteiger partial charge in [0.1, 0.15) is 5.69 Å². The van der Waals surface area contributed by atoms with Crippen LogP contribution < -0.4 is 15.6 Å². The lowest BCUT2D eigenvalue weighted by atomic mass is 10.2. The molecular formula is C19H23N3O4S. The molecule has 0 saturated carbocycles. The molecule has 0 aliphatic carbocycles. The zero-order valence-electron chi connectivity index (χ0n) is 15.7. The summed E-state index contributed by atoms with van der Waals surface area (Å²) in [5.74, 6) is 0. The first kappa shape index (κ1) is 20.4. The highest BCUT2D eigenvalue weighted by molar-refractivity contribution is 7.92. The van der Waals surface area contributed by atoms with E-state index in [1.165, 1.54) is 42.9 Å². The quantitative estimate of drug-likeness (QED) is 0.672. The summed E-state index contributed by atoms with van der Waals surface area (Å²) in [6.07, 6.45) is 3.07. The Kier molecular flexibility index (Phi) is 5.90. The van der Waals surface area contributed by atoms with Crippen molar-refractivity contribution in [3.63, 3.8) is 0 Å². The highest BCUT2D eigenvalue weighted by Crippen LogP contribution is 2.24. The van der Waals surface area contributed by atoms with Crippen LogP contribution in [0.2, 0.25) is 0 Å². The summed E-state index contributed by atoms with van der Waals surface area (Å²) >= 11 is 0. The molecule has 7 nitrogen and oxygen atoms in total. The summed E-state index contributed by atoms with van der Waals surface area (Å²) in [5.41, 5.74) is -0.121. The van der Waals surface area contributed by atoms with Gasteiger partial charge in [0, 0.05) is 20.5 Å². The van der Waals surface area contributed by atoms with E-state index in [4.69, 9.17) is 0 Å². The van der Waals surface area contributed by atoms with Crippen molar-refractivity contribution in [2.24, 2.45) is 14.1 Å². The first-order chi connectivity index (χ1) is 12.7. The normalized spacial score (nSPS) is 11.2. The minimum absolute atomic E-state index is 0.0513. The molecule has 8 heteroatoms. The van der Waals surface area contributed by atoms with Gasteiger partial charge in [-0.25, -0.2) is 13.2 Å². The Bertz CT molecular complexity index is 1090. The van der Waals surface area contributed by atoms with Gasteiger partial charge in [0.25, 0.3) is 15.6 Å². The number of hydrogen-bond acceptors (Lipinski definition) is 4. The van der Waals surface area contributed by atoms with E-state index >= 15 is 0 Å². The van der Waals surface area contributed by atoms with Crippen molar-refractivity contribution in [1.82, 2.24) is 9.13 Å². The van der Waals surface area contributed by atoms with E-state index in [0.29, 0.717) is 0 Å². The second kappa shape index (κ2) is 7.79. The van der Waals surface area contributed by atoms with Gasteiger partial charge in [0.05, 0.1) is 17.1 Å². The molecule has 27 heavy (non-hydrogen) atoms. The third-order valence-electron chi connectivity index (χ3n) is 4.25. The van der Waals surface area contributed by atoms with Crippen LogP contribution in [0.5, 0.6) is 0 Å².